The van der Waals surface area contributed by atoms with Gasteiger partial charge in [0.15, 0.2) is 5.82 Å². The first-order valence-corrected chi connectivity index (χ1v) is 5.64. The zero-order valence-corrected chi connectivity index (χ0v) is 10.9. The largest absolute Gasteiger partial charge is 0.384 e. The molecule has 0 aliphatic carbocycles. The highest BCUT2D eigenvalue weighted by Gasteiger charge is 2.25. The van der Waals surface area contributed by atoms with Crippen molar-refractivity contribution in [3.8, 4) is 0 Å². The summed E-state index contributed by atoms with van der Waals surface area (Å²) in [6, 6.07) is 1.54. The van der Waals surface area contributed by atoms with Crippen molar-refractivity contribution in [2.24, 2.45) is 5.73 Å². The average Bonchev–Trinajstić information content (AvgIpc) is 2.24. The Morgan fingerprint density at radius 2 is 2.17 bits per heavy atom. The van der Waals surface area contributed by atoms with Crippen molar-refractivity contribution in [2.45, 2.75) is 32.9 Å². The third-order valence-electron chi connectivity index (χ3n) is 2.28. The van der Waals surface area contributed by atoms with E-state index in [4.69, 9.17) is 16.2 Å². The number of carbonyl (C=O) groups excluding carboxylic acids is 1. The minimum Gasteiger partial charge on any atom is -0.384 e. The van der Waals surface area contributed by atoms with Crippen molar-refractivity contribution in [1.82, 2.24) is 9.97 Å². The SMILES string of the molecule is CCOCc1nc(N)cc(NC(C)(C)C(N)=O)n1. The fraction of sp³-hybridized carbons (Fsp3) is 0.545. The number of amides is 1. The molecule has 0 spiro atoms. The van der Waals surface area contributed by atoms with Crippen LogP contribution in [0.25, 0.3) is 0 Å². The van der Waals surface area contributed by atoms with Gasteiger partial charge < -0.3 is 21.5 Å². The minimum atomic E-state index is -0.913. The van der Waals surface area contributed by atoms with Gasteiger partial charge in [-0.2, -0.15) is 0 Å². The van der Waals surface area contributed by atoms with Crippen LogP contribution in [0.2, 0.25) is 0 Å². The number of ether oxygens (including phenoxy) is 1. The second-order valence-electron chi connectivity index (χ2n) is 4.35. The topological polar surface area (TPSA) is 116 Å². The Morgan fingerprint density at radius 3 is 2.72 bits per heavy atom. The van der Waals surface area contributed by atoms with Crippen LogP contribution in [0, 0.1) is 0 Å². The maximum atomic E-state index is 11.2. The molecule has 1 aromatic heterocycles. The molecule has 0 atom stereocenters. The Labute approximate surface area is 106 Å². The highest BCUT2D eigenvalue weighted by atomic mass is 16.5. The van der Waals surface area contributed by atoms with Crippen molar-refractivity contribution >= 4 is 17.5 Å². The number of nitrogens with one attached hydrogen (secondary N) is 1. The molecule has 0 saturated carbocycles. The Balaban J connectivity index is 2.89. The van der Waals surface area contributed by atoms with Crippen LogP contribution < -0.4 is 16.8 Å². The number of hydrogen-bond donors (Lipinski definition) is 3. The lowest BCUT2D eigenvalue weighted by atomic mass is 10.1. The van der Waals surface area contributed by atoms with Crippen LogP contribution in [0.3, 0.4) is 0 Å². The van der Waals surface area contributed by atoms with E-state index in [1.54, 1.807) is 19.9 Å². The van der Waals surface area contributed by atoms with E-state index in [9.17, 15) is 4.79 Å². The van der Waals surface area contributed by atoms with Crippen LogP contribution in [0.15, 0.2) is 6.07 Å². The number of aromatic nitrogens is 2. The summed E-state index contributed by atoms with van der Waals surface area (Å²) in [5.41, 5.74) is 10.0. The maximum absolute atomic E-state index is 11.2. The van der Waals surface area contributed by atoms with Crippen molar-refractivity contribution in [2.75, 3.05) is 17.7 Å². The first-order chi connectivity index (χ1) is 8.35. The average molecular weight is 253 g/mol. The second kappa shape index (κ2) is 5.63. The van der Waals surface area contributed by atoms with Crippen LogP contribution in [-0.2, 0) is 16.1 Å². The molecule has 0 aliphatic heterocycles. The van der Waals surface area contributed by atoms with Crippen LogP contribution in [-0.4, -0.2) is 28.0 Å². The summed E-state index contributed by atoms with van der Waals surface area (Å²) >= 11 is 0. The number of carbonyl (C=O) groups is 1. The third kappa shape index (κ3) is 3.85. The molecule has 0 aromatic carbocycles. The highest BCUT2D eigenvalue weighted by molar-refractivity contribution is 5.86. The Bertz CT molecular complexity index is 433. The molecule has 0 saturated heterocycles. The van der Waals surface area contributed by atoms with E-state index < -0.39 is 11.4 Å². The smallest absolute Gasteiger partial charge is 0.242 e. The molecule has 0 radical (unpaired) electrons. The number of hydrogen-bond acceptors (Lipinski definition) is 6. The summed E-state index contributed by atoms with van der Waals surface area (Å²) in [7, 11) is 0. The number of nitrogen functional groups attached to an aromatic ring is 1. The van der Waals surface area contributed by atoms with Gasteiger partial charge in [-0.15, -0.1) is 0 Å². The summed E-state index contributed by atoms with van der Waals surface area (Å²) in [6.07, 6.45) is 0. The maximum Gasteiger partial charge on any atom is 0.242 e. The van der Waals surface area contributed by atoms with Gasteiger partial charge in [-0.25, -0.2) is 9.97 Å². The van der Waals surface area contributed by atoms with Gasteiger partial charge in [-0.1, -0.05) is 0 Å². The van der Waals surface area contributed by atoms with E-state index in [0.717, 1.165) is 0 Å². The molecule has 0 aliphatic rings. The van der Waals surface area contributed by atoms with Gasteiger partial charge in [-0.05, 0) is 20.8 Å². The number of rotatable bonds is 6. The van der Waals surface area contributed by atoms with Crippen LogP contribution in [0.4, 0.5) is 11.6 Å². The molecule has 100 valence electrons. The van der Waals surface area contributed by atoms with E-state index in [0.29, 0.717) is 24.1 Å². The van der Waals surface area contributed by atoms with Crippen molar-refractivity contribution in [1.29, 1.82) is 0 Å². The van der Waals surface area contributed by atoms with E-state index in [2.05, 4.69) is 15.3 Å². The summed E-state index contributed by atoms with van der Waals surface area (Å²) in [6.45, 7) is 6.04. The molecule has 5 N–H and O–H groups in total. The summed E-state index contributed by atoms with van der Waals surface area (Å²) in [4.78, 5) is 19.5. The summed E-state index contributed by atoms with van der Waals surface area (Å²) in [5.74, 6) is 0.731. The van der Waals surface area contributed by atoms with E-state index >= 15 is 0 Å². The molecular weight excluding hydrogens is 234 g/mol. The lowest BCUT2D eigenvalue weighted by Crippen LogP contribution is -2.45. The number of nitrogens with zero attached hydrogens (tertiary/aromatic N) is 2. The van der Waals surface area contributed by atoms with Crippen LogP contribution in [0.5, 0.6) is 0 Å². The van der Waals surface area contributed by atoms with Crippen molar-refractivity contribution in [3.63, 3.8) is 0 Å². The lowest BCUT2D eigenvalue weighted by molar-refractivity contribution is -0.121. The lowest BCUT2D eigenvalue weighted by Gasteiger charge is -2.23. The predicted octanol–water partition coefficient (Wildman–Crippen LogP) is 0.271. The third-order valence-corrected chi connectivity index (χ3v) is 2.28. The molecule has 7 heteroatoms. The standard InChI is InChI=1S/C11H19N5O2/c1-4-18-6-9-14-7(12)5-8(15-9)16-11(2,3)10(13)17/h5H,4,6H2,1-3H3,(H2,13,17)(H3,12,14,15,16). The van der Waals surface area contributed by atoms with Crippen molar-refractivity contribution in [3.05, 3.63) is 11.9 Å². The second-order valence-corrected chi connectivity index (χ2v) is 4.35. The fourth-order valence-corrected chi connectivity index (χ4v) is 1.22. The van der Waals surface area contributed by atoms with Gasteiger partial charge in [0.2, 0.25) is 5.91 Å². The van der Waals surface area contributed by atoms with Gasteiger partial charge in [0.05, 0.1) is 0 Å². The van der Waals surface area contributed by atoms with E-state index in [1.807, 2.05) is 6.92 Å². The number of anilines is 2. The van der Waals surface area contributed by atoms with Crippen molar-refractivity contribution < 1.29 is 9.53 Å². The van der Waals surface area contributed by atoms with Gasteiger partial charge in [0, 0.05) is 12.7 Å². The minimum absolute atomic E-state index is 0.271. The number of primary amides is 1. The molecule has 7 nitrogen and oxygen atoms in total. The zero-order valence-electron chi connectivity index (χ0n) is 10.9. The van der Waals surface area contributed by atoms with Crippen LogP contribution in [0.1, 0.15) is 26.6 Å². The predicted molar refractivity (Wildman–Crippen MR) is 68.7 cm³/mol. The molecule has 1 aromatic rings. The monoisotopic (exact) mass is 253 g/mol. The van der Waals surface area contributed by atoms with Gasteiger partial charge >= 0.3 is 0 Å². The molecule has 0 bridgehead atoms. The first kappa shape index (κ1) is 14.2. The quantitative estimate of drug-likeness (QED) is 0.670. The van der Waals surface area contributed by atoms with Gasteiger partial charge in [0.1, 0.15) is 23.8 Å². The zero-order chi connectivity index (χ0) is 13.8. The molecule has 0 unspecified atom stereocenters. The van der Waals surface area contributed by atoms with Crippen LogP contribution >= 0.6 is 0 Å². The highest BCUT2D eigenvalue weighted by Crippen LogP contribution is 2.15. The molecule has 1 amide bonds. The van der Waals surface area contributed by atoms with Gasteiger partial charge in [0.25, 0.3) is 0 Å². The fourth-order valence-electron chi connectivity index (χ4n) is 1.22. The molecule has 1 rings (SSSR count). The van der Waals surface area contributed by atoms with E-state index in [-0.39, 0.29) is 6.61 Å². The Hall–Kier alpha value is -1.89. The summed E-state index contributed by atoms with van der Waals surface area (Å²) < 4.78 is 5.21. The van der Waals surface area contributed by atoms with E-state index in [1.165, 1.54) is 0 Å². The normalized spacial score (nSPS) is 11.3. The molecule has 18 heavy (non-hydrogen) atoms. The Kier molecular flexibility index (Phi) is 4.43. The first-order valence-electron chi connectivity index (χ1n) is 5.64. The number of nitrogens with two attached hydrogens (primary N) is 2. The molecule has 0 fully saturated rings. The molecule has 1 heterocycles. The Morgan fingerprint density at radius 1 is 1.50 bits per heavy atom. The van der Waals surface area contributed by atoms with Gasteiger partial charge in [-0.3, -0.25) is 4.79 Å². The summed E-state index contributed by atoms with van der Waals surface area (Å²) in [5, 5.41) is 2.91. The molecular formula is C11H19N5O2.